The van der Waals surface area contributed by atoms with E-state index in [0.29, 0.717) is 24.9 Å². The van der Waals surface area contributed by atoms with Crippen LogP contribution in [0.2, 0.25) is 0 Å². The molecular weight excluding hydrogens is 762 g/mol. The first-order valence-corrected chi connectivity index (χ1v) is 19.3. The summed E-state index contributed by atoms with van der Waals surface area (Å²) in [6.07, 6.45) is -10.0. The van der Waals surface area contributed by atoms with Gasteiger partial charge in [0.1, 0.15) is 37.1 Å². The maximum absolute atomic E-state index is 12.8. The van der Waals surface area contributed by atoms with Crippen molar-refractivity contribution < 1.29 is 71.3 Å². The van der Waals surface area contributed by atoms with E-state index in [0.717, 1.165) is 18.4 Å². The summed E-state index contributed by atoms with van der Waals surface area (Å²) in [7, 11) is 0. The molecule has 3 fully saturated rings. The number of esters is 4. The molecule has 316 valence electrons. The minimum atomic E-state index is -1.52. The van der Waals surface area contributed by atoms with E-state index in [-0.39, 0.29) is 19.8 Å². The maximum atomic E-state index is 12.8. The van der Waals surface area contributed by atoms with E-state index in [2.05, 4.69) is 10.0 Å². The van der Waals surface area contributed by atoms with E-state index >= 15 is 0 Å². The van der Waals surface area contributed by atoms with Crippen molar-refractivity contribution in [2.75, 3.05) is 26.4 Å². The van der Waals surface area contributed by atoms with Crippen LogP contribution >= 0.6 is 0 Å². The van der Waals surface area contributed by atoms with Crippen LogP contribution in [0.1, 0.15) is 70.8 Å². The van der Waals surface area contributed by atoms with Crippen molar-refractivity contribution in [2.45, 2.75) is 128 Å². The van der Waals surface area contributed by atoms with E-state index in [9.17, 15) is 19.2 Å². The van der Waals surface area contributed by atoms with Crippen molar-refractivity contribution in [3.05, 3.63) is 82.2 Å². The Morgan fingerprint density at radius 2 is 1.34 bits per heavy atom. The molecule has 0 bridgehead atoms. The van der Waals surface area contributed by atoms with Crippen LogP contribution in [0.4, 0.5) is 0 Å². The van der Waals surface area contributed by atoms with Crippen molar-refractivity contribution in [3.8, 4) is 0 Å². The van der Waals surface area contributed by atoms with Gasteiger partial charge in [-0.15, -0.1) is 0 Å². The molecule has 3 aliphatic rings. The summed E-state index contributed by atoms with van der Waals surface area (Å²) < 4.78 is 67.6. The number of nitrogens with zero attached hydrogens (tertiary/aromatic N) is 3. The molecule has 3 aliphatic heterocycles. The number of unbranched alkanes of at least 4 members (excludes halogenated alkanes) is 3. The molecule has 2 aromatic carbocycles. The molecule has 18 nitrogen and oxygen atoms in total. The maximum Gasteiger partial charge on any atom is 0.303 e. The van der Waals surface area contributed by atoms with Crippen LogP contribution in [-0.2, 0) is 77.9 Å². The molecule has 3 saturated heterocycles. The molecule has 18 heteroatoms. The van der Waals surface area contributed by atoms with Gasteiger partial charge in [-0.2, -0.15) is 0 Å². The van der Waals surface area contributed by atoms with Crippen LogP contribution in [0, 0.1) is 0 Å². The summed E-state index contributed by atoms with van der Waals surface area (Å²) in [5, 5.41) is 3.56. The molecule has 0 aromatic heterocycles. The Labute approximate surface area is 336 Å². The van der Waals surface area contributed by atoms with Gasteiger partial charge in [0.25, 0.3) is 0 Å². The fraction of sp³-hybridized carbons (Fsp3) is 0.600. The number of hydrogen-bond donors (Lipinski definition) is 0. The summed E-state index contributed by atoms with van der Waals surface area (Å²) in [4.78, 5) is 52.9. The topological polar surface area (TPSA) is 219 Å². The highest BCUT2D eigenvalue weighted by atomic mass is 16.8. The van der Waals surface area contributed by atoms with Gasteiger partial charge < -0.3 is 52.1 Å². The number of benzene rings is 2. The third-order valence-corrected chi connectivity index (χ3v) is 9.38. The Hall–Kier alpha value is -4.65. The third-order valence-electron chi connectivity index (χ3n) is 9.38. The first kappa shape index (κ1) is 44.5. The highest BCUT2D eigenvalue weighted by molar-refractivity contribution is 5.67. The summed E-state index contributed by atoms with van der Waals surface area (Å²) in [6.45, 7) is 5.06. The molecule has 2 aromatic rings. The van der Waals surface area contributed by atoms with Crippen LogP contribution in [0.15, 0.2) is 65.8 Å². The van der Waals surface area contributed by atoms with Crippen molar-refractivity contribution in [1.29, 1.82) is 0 Å². The van der Waals surface area contributed by atoms with Gasteiger partial charge in [-0.25, -0.2) is 0 Å². The molecule has 58 heavy (non-hydrogen) atoms. The molecule has 0 spiro atoms. The van der Waals surface area contributed by atoms with Gasteiger partial charge in [0, 0.05) is 51.3 Å². The minimum Gasteiger partial charge on any atom is -0.463 e. The molecule has 5 rings (SSSR count). The zero-order valence-corrected chi connectivity index (χ0v) is 33.0. The first-order chi connectivity index (χ1) is 28.0. The summed E-state index contributed by atoms with van der Waals surface area (Å²) in [6, 6.07) is 18.3. The van der Waals surface area contributed by atoms with Gasteiger partial charge in [-0.3, -0.25) is 19.2 Å². The third kappa shape index (κ3) is 12.9. The number of azide groups is 1. The predicted molar refractivity (Wildman–Crippen MR) is 199 cm³/mol. The molecule has 0 N–H and O–H groups in total. The monoisotopic (exact) mass is 813 g/mol. The number of hydrogen-bond acceptors (Lipinski definition) is 16. The van der Waals surface area contributed by atoms with Gasteiger partial charge in [0.05, 0.1) is 13.2 Å². The molecular formula is C40H51N3O15. The quantitative estimate of drug-likeness (QED) is 0.0466. The van der Waals surface area contributed by atoms with Gasteiger partial charge >= 0.3 is 23.9 Å². The number of rotatable bonds is 19. The van der Waals surface area contributed by atoms with E-state index in [1.54, 1.807) is 0 Å². The highest BCUT2D eigenvalue weighted by Crippen LogP contribution is 2.39. The lowest BCUT2D eigenvalue weighted by Gasteiger charge is -2.51. The van der Waals surface area contributed by atoms with Crippen LogP contribution in [0.3, 0.4) is 0 Å². The highest BCUT2D eigenvalue weighted by Gasteiger charge is 2.57. The molecule has 0 amide bonds. The molecule has 3 heterocycles. The smallest absolute Gasteiger partial charge is 0.303 e. The lowest BCUT2D eigenvalue weighted by Crippen LogP contribution is -2.68. The average molecular weight is 814 g/mol. The lowest BCUT2D eigenvalue weighted by molar-refractivity contribution is -0.394. The second-order valence-corrected chi connectivity index (χ2v) is 13.9. The SMILES string of the molecule is CC(=O)OC[C@H]1O[C@H](O[C@H]2[C@H]3OC(c4ccccc4)OC[C@H]3O[C@@H](OCCCCCCN=[N+]=[N-])[C@@H]2OC(C)=O)[C@@H](OC(C)=O)[C@@H](OCc2ccccc2)[C@@H]1OC(C)=O. The Bertz CT molecular complexity index is 1680. The van der Waals surface area contributed by atoms with Crippen molar-refractivity contribution in [2.24, 2.45) is 5.11 Å². The van der Waals surface area contributed by atoms with Crippen LogP contribution < -0.4 is 0 Å². The van der Waals surface area contributed by atoms with E-state index in [4.69, 9.17) is 57.6 Å². The van der Waals surface area contributed by atoms with E-state index < -0.39 is 98.2 Å². The summed E-state index contributed by atoms with van der Waals surface area (Å²) in [5.41, 5.74) is 10.00. The lowest BCUT2D eigenvalue weighted by atomic mass is 9.95. The average Bonchev–Trinajstić information content (AvgIpc) is 3.20. The van der Waals surface area contributed by atoms with Crippen molar-refractivity contribution in [1.82, 2.24) is 0 Å². The Balaban J connectivity index is 1.50. The van der Waals surface area contributed by atoms with Gasteiger partial charge in [-0.05, 0) is 23.9 Å². The Morgan fingerprint density at radius 3 is 2.00 bits per heavy atom. The number of ether oxygens (including phenoxy) is 11. The van der Waals surface area contributed by atoms with E-state index in [1.807, 2.05) is 60.7 Å². The Morgan fingerprint density at radius 1 is 0.707 bits per heavy atom. The minimum absolute atomic E-state index is 0.00720. The fourth-order valence-corrected chi connectivity index (χ4v) is 6.90. The predicted octanol–water partition coefficient (Wildman–Crippen LogP) is 4.77. The Kier molecular flexibility index (Phi) is 17.2. The second-order valence-electron chi connectivity index (χ2n) is 13.9. The zero-order valence-electron chi connectivity index (χ0n) is 33.0. The first-order valence-electron chi connectivity index (χ1n) is 19.3. The molecule has 0 radical (unpaired) electrons. The zero-order chi connectivity index (χ0) is 41.4. The van der Waals surface area contributed by atoms with E-state index in [1.165, 1.54) is 27.7 Å². The standard InChI is InChI=1S/C40H51N3O15/c1-24(44)49-22-30-32(52-25(2)45)34(50-21-28-15-9-7-10-16-28)36(53-26(3)46)40(56-30)58-35-33-31(23-51-38(57-33)29-17-11-8-12-18-29)55-39(37(35)54-27(4)47)48-20-14-6-5-13-19-42-43-41/h7-12,15-18,30-40H,5-6,13-14,19-23H2,1-4H3/t30-,31-,32-,33+,34+,35+,36+,37-,38?,39-,40-/m1/s1. The van der Waals surface area contributed by atoms with Gasteiger partial charge in [-0.1, -0.05) is 78.6 Å². The van der Waals surface area contributed by atoms with Crippen molar-refractivity contribution >= 4 is 23.9 Å². The van der Waals surface area contributed by atoms with Crippen LogP contribution in [-0.4, -0.2) is 112 Å². The molecule has 0 aliphatic carbocycles. The number of carbonyl (C=O) groups excluding carboxylic acids is 4. The van der Waals surface area contributed by atoms with Crippen LogP contribution in [0.5, 0.6) is 0 Å². The van der Waals surface area contributed by atoms with Crippen LogP contribution in [0.25, 0.3) is 10.4 Å². The second kappa shape index (κ2) is 22.5. The summed E-state index contributed by atoms with van der Waals surface area (Å²) >= 11 is 0. The molecule has 0 saturated carbocycles. The van der Waals surface area contributed by atoms with Gasteiger partial charge in [0.15, 0.2) is 37.2 Å². The fourth-order valence-electron chi connectivity index (χ4n) is 6.90. The van der Waals surface area contributed by atoms with Crippen molar-refractivity contribution in [3.63, 3.8) is 0 Å². The largest absolute Gasteiger partial charge is 0.463 e. The molecule has 11 atom stereocenters. The summed E-state index contributed by atoms with van der Waals surface area (Å²) in [5.74, 6) is -2.74. The molecule has 1 unspecified atom stereocenters. The number of fused-ring (bicyclic) bond motifs is 1. The number of carbonyl (C=O) groups is 4. The van der Waals surface area contributed by atoms with Gasteiger partial charge in [0.2, 0.25) is 0 Å². The normalized spacial score (nSPS) is 29.2.